The van der Waals surface area contributed by atoms with Gasteiger partial charge in [-0.15, -0.1) is 0 Å². The Morgan fingerprint density at radius 1 is 1.41 bits per heavy atom. The van der Waals surface area contributed by atoms with Crippen molar-refractivity contribution in [2.24, 2.45) is 5.92 Å². The highest BCUT2D eigenvalue weighted by molar-refractivity contribution is 5.06. The molecule has 1 aliphatic heterocycles. The monoisotopic (exact) mass is 322 g/mol. The molecular weight excluding hydrogens is 305 g/mol. The summed E-state index contributed by atoms with van der Waals surface area (Å²) >= 11 is 0. The van der Waals surface area contributed by atoms with Gasteiger partial charge in [-0.2, -0.15) is 13.2 Å². The summed E-state index contributed by atoms with van der Waals surface area (Å²) in [5, 5.41) is 20.7. The third kappa shape index (κ3) is 4.17. The number of likely N-dealkylation sites (tertiary alicyclic amines) is 1. The van der Waals surface area contributed by atoms with E-state index in [1.54, 1.807) is 4.90 Å². The number of aliphatic hydroxyl groups is 1. The molecule has 0 saturated carbocycles. The Bertz CT molecular complexity index is 512. The SMILES string of the molecule is O=[N+]([O-])c1nccn1CC(O)CN1CCC(C(F)(F)F)CC1. The molecule has 1 unspecified atom stereocenters. The van der Waals surface area contributed by atoms with E-state index in [2.05, 4.69) is 4.98 Å². The summed E-state index contributed by atoms with van der Waals surface area (Å²) in [6.45, 7) is 0.677. The lowest BCUT2D eigenvalue weighted by molar-refractivity contribution is -0.397. The highest BCUT2D eigenvalue weighted by Gasteiger charge is 2.41. The van der Waals surface area contributed by atoms with Crippen molar-refractivity contribution in [3.63, 3.8) is 0 Å². The summed E-state index contributed by atoms with van der Waals surface area (Å²) < 4.78 is 38.9. The number of alkyl halides is 3. The smallest absolute Gasteiger partial charge is 0.390 e. The average molecular weight is 322 g/mol. The Morgan fingerprint density at radius 2 is 2.05 bits per heavy atom. The molecule has 1 aromatic rings. The van der Waals surface area contributed by atoms with Crippen molar-refractivity contribution >= 4 is 5.95 Å². The molecule has 10 heteroatoms. The van der Waals surface area contributed by atoms with E-state index in [-0.39, 0.29) is 45.0 Å². The molecule has 1 atom stereocenters. The number of imidazole rings is 1. The molecule has 22 heavy (non-hydrogen) atoms. The van der Waals surface area contributed by atoms with Crippen molar-refractivity contribution in [3.05, 3.63) is 22.5 Å². The van der Waals surface area contributed by atoms with Crippen LogP contribution in [0.15, 0.2) is 12.4 Å². The topological polar surface area (TPSA) is 84.4 Å². The van der Waals surface area contributed by atoms with Gasteiger partial charge in [0, 0.05) is 6.54 Å². The molecule has 1 saturated heterocycles. The number of piperidine rings is 1. The van der Waals surface area contributed by atoms with E-state index in [9.17, 15) is 28.4 Å². The zero-order valence-corrected chi connectivity index (χ0v) is 11.7. The Labute approximate surface area is 124 Å². The zero-order chi connectivity index (χ0) is 16.3. The maximum atomic E-state index is 12.6. The van der Waals surface area contributed by atoms with Crippen molar-refractivity contribution in [3.8, 4) is 0 Å². The van der Waals surface area contributed by atoms with Crippen LogP contribution < -0.4 is 0 Å². The summed E-state index contributed by atoms with van der Waals surface area (Å²) in [6.07, 6.45) is -2.39. The first kappa shape index (κ1) is 16.7. The summed E-state index contributed by atoms with van der Waals surface area (Å²) in [5.74, 6) is -1.65. The number of aliphatic hydroxyl groups excluding tert-OH is 1. The average Bonchev–Trinajstić information content (AvgIpc) is 2.86. The lowest BCUT2D eigenvalue weighted by Gasteiger charge is -2.33. The van der Waals surface area contributed by atoms with Gasteiger partial charge in [-0.3, -0.25) is 0 Å². The molecule has 1 N–H and O–H groups in total. The number of hydrogen-bond donors (Lipinski definition) is 1. The number of β-amino-alcohol motifs (C(OH)–C–C–N with tert-alkyl or cyclic N) is 1. The van der Waals surface area contributed by atoms with E-state index in [0.717, 1.165) is 0 Å². The van der Waals surface area contributed by atoms with Crippen LogP contribution in [0.5, 0.6) is 0 Å². The molecule has 1 aromatic heterocycles. The number of nitrogens with zero attached hydrogens (tertiary/aromatic N) is 4. The maximum Gasteiger partial charge on any atom is 0.434 e. The largest absolute Gasteiger partial charge is 0.434 e. The molecule has 0 bridgehead atoms. The number of aromatic nitrogens is 2. The second kappa shape index (κ2) is 6.61. The molecule has 0 aliphatic carbocycles. The van der Waals surface area contributed by atoms with Gasteiger partial charge in [0.25, 0.3) is 0 Å². The van der Waals surface area contributed by atoms with E-state index >= 15 is 0 Å². The van der Waals surface area contributed by atoms with Crippen LogP contribution in [-0.2, 0) is 6.54 Å². The van der Waals surface area contributed by atoms with E-state index in [0.29, 0.717) is 0 Å². The van der Waals surface area contributed by atoms with Gasteiger partial charge in [-0.05, 0) is 30.9 Å². The molecule has 1 aliphatic rings. The quantitative estimate of drug-likeness (QED) is 0.655. The minimum atomic E-state index is -4.16. The summed E-state index contributed by atoms with van der Waals surface area (Å²) in [4.78, 5) is 15.4. The first-order chi connectivity index (χ1) is 10.3. The van der Waals surface area contributed by atoms with Gasteiger partial charge < -0.3 is 20.1 Å². The fourth-order valence-electron chi connectivity index (χ4n) is 2.64. The maximum absolute atomic E-state index is 12.6. The Morgan fingerprint density at radius 3 is 2.59 bits per heavy atom. The van der Waals surface area contributed by atoms with Crippen LogP contribution in [0.3, 0.4) is 0 Å². The van der Waals surface area contributed by atoms with E-state index < -0.39 is 23.1 Å². The first-order valence-electron chi connectivity index (χ1n) is 6.90. The van der Waals surface area contributed by atoms with Crippen LogP contribution in [0.4, 0.5) is 19.1 Å². The minimum Gasteiger partial charge on any atom is -0.390 e. The van der Waals surface area contributed by atoms with Gasteiger partial charge in [-0.25, -0.2) is 4.57 Å². The van der Waals surface area contributed by atoms with E-state index in [1.165, 1.54) is 17.0 Å². The lowest BCUT2D eigenvalue weighted by atomic mass is 9.96. The third-order valence-electron chi connectivity index (χ3n) is 3.78. The second-order valence-corrected chi connectivity index (χ2v) is 5.41. The number of halogens is 3. The molecule has 2 rings (SSSR count). The molecule has 1 fully saturated rings. The molecule has 2 heterocycles. The number of hydrogen-bond acceptors (Lipinski definition) is 5. The highest BCUT2D eigenvalue weighted by Crippen LogP contribution is 2.34. The number of nitro groups is 1. The van der Waals surface area contributed by atoms with Gasteiger partial charge in [0.1, 0.15) is 12.4 Å². The van der Waals surface area contributed by atoms with Gasteiger partial charge in [-0.1, -0.05) is 4.98 Å². The van der Waals surface area contributed by atoms with Crippen molar-refractivity contribution in [1.29, 1.82) is 0 Å². The van der Waals surface area contributed by atoms with Crippen LogP contribution in [0.2, 0.25) is 0 Å². The predicted molar refractivity (Wildman–Crippen MR) is 70.1 cm³/mol. The predicted octanol–water partition coefficient (Wildman–Crippen LogP) is 1.43. The fourth-order valence-corrected chi connectivity index (χ4v) is 2.64. The van der Waals surface area contributed by atoms with Crippen molar-refractivity contribution in [1.82, 2.24) is 14.5 Å². The fraction of sp³-hybridized carbons (Fsp3) is 0.750. The molecule has 0 amide bonds. The molecule has 0 aromatic carbocycles. The molecule has 7 nitrogen and oxygen atoms in total. The minimum absolute atomic E-state index is 0.0153. The molecule has 0 radical (unpaired) electrons. The van der Waals surface area contributed by atoms with Crippen LogP contribution in [0, 0.1) is 16.0 Å². The molecule has 124 valence electrons. The van der Waals surface area contributed by atoms with Crippen LogP contribution >= 0.6 is 0 Å². The van der Waals surface area contributed by atoms with Gasteiger partial charge in [0.15, 0.2) is 0 Å². The second-order valence-electron chi connectivity index (χ2n) is 5.41. The van der Waals surface area contributed by atoms with Gasteiger partial charge in [0.2, 0.25) is 0 Å². The summed E-state index contributed by atoms with van der Waals surface area (Å²) in [5.41, 5.74) is 0. The van der Waals surface area contributed by atoms with E-state index in [4.69, 9.17) is 0 Å². The van der Waals surface area contributed by atoms with Crippen LogP contribution in [0.25, 0.3) is 0 Å². The molecular formula is C12H17F3N4O3. The Balaban J connectivity index is 1.82. The standard InChI is InChI=1S/C12H17F3N4O3/c13-12(14,15)9-1-4-17(5-2-9)7-10(20)8-18-6-3-16-11(18)19(21)22/h3,6,9-10,20H,1-2,4-5,7-8H2. The normalized spacial score (nSPS) is 19.3. The summed E-state index contributed by atoms with van der Waals surface area (Å²) in [7, 11) is 0. The Kier molecular flexibility index (Phi) is 5.01. The van der Waals surface area contributed by atoms with Crippen LogP contribution in [-0.4, -0.2) is 56.4 Å². The highest BCUT2D eigenvalue weighted by atomic mass is 19.4. The zero-order valence-electron chi connectivity index (χ0n) is 11.7. The van der Waals surface area contributed by atoms with Crippen molar-refractivity contribution < 1.29 is 23.2 Å². The summed E-state index contributed by atoms with van der Waals surface area (Å²) in [6, 6.07) is 0. The first-order valence-corrected chi connectivity index (χ1v) is 6.90. The van der Waals surface area contributed by atoms with Crippen molar-refractivity contribution in [2.45, 2.75) is 31.7 Å². The van der Waals surface area contributed by atoms with Gasteiger partial charge in [0.05, 0.1) is 18.6 Å². The van der Waals surface area contributed by atoms with Crippen LogP contribution in [0.1, 0.15) is 12.8 Å². The van der Waals surface area contributed by atoms with Crippen molar-refractivity contribution in [2.75, 3.05) is 19.6 Å². The lowest BCUT2D eigenvalue weighted by Crippen LogP contribution is -2.43. The Hall–Kier alpha value is -1.68. The third-order valence-corrected chi connectivity index (χ3v) is 3.78. The van der Waals surface area contributed by atoms with E-state index in [1.807, 2.05) is 0 Å². The molecule has 0 spiro atoms. The number of rotatable bonds is 5. The van der Waals surface area contributed by atoms with Gasteiger partial charge >= 0.3 is 12.1 Å².